The van der Waals surface area contributed by atoms with E-state index in [2.05, 4.69) is 4.74 Å². The zero-order chi connectivity index (χ0) is 8.65. The van der Waals surface area contributed by atoms with E-state index in [-0.39, 0.29) is 0 Å². The Balaban J connectivity index is 2.74. The van der Waals surface area contributed by atoms with E-state index in [1.54, 1.807) is 0 Å². The van der Waals surface area contributed by atoms with Crippen LogP contribution in [0, 0.1) is 0 Å². The van der Waals surface area contributed by atoms with Crippen LogP contribution in [0.5, 0.6) is 0 Å². The monoisotopic (exact) mass is 151 g/mol. The molecule has 1 unspecified atom stereocenters. The average Bonchev–Trinajstić information content (AvgIpc) is 2.13. The highest BCUT2D eigenvalue weighted by molar-refractivity contribution is 4.84. The Labute approximate surface area is 58.9 Å². The molecule has 0 radical (unpaired) electrons. The Bertz CT molecular complexity index is 150. The summed E-state index contributed by atoms with van der Waals surface area (Å²) in [5.41, 5.74) is 0. The van der Waals surface area contributed by atoms with E-state index in [1.807, 2.05) is 0 Å². The standard InChI is InChI=1S/C5H10O5/c6-1-2-3(7)4(8)5(9)10-2/h2-9H,1H2/t2-,3?,4+,5-/m1/s1/i3D. The van der Waals surface area contributed by atoms with Crippen LogP contribution in [0.4, 0.5) is 0 Å². The highest BCUT2D eigenvalue weighted by Gasteiger charge is 2.41. The van der Waals surface area contributed by atoms with Crippen LogP contribution < -0.4 is 0 Å². The maximum absolute atomic E-state index is 9.06. The van der Waals surface area contributed by atoms with Crippen molar-refractivity contribution >= 4 is 0 Å². The Morgan fingerprint density at radius 3 is 2.20 bits per heavy atom. The number of hydrogen-bond acceptors (Lipinski definition) is 5. The van der Waals surface area contributed by atoms with Crippen LogP contribution in [0.3, 0.4) is 0 Å². The third-order valence-electron chi connectivity index (χ3n) is 1.37. The fraction of sp³-hybridized carbons (Fsp3) is 1.00. The molecule has 4 N–H and O–H groups in total. The molecule has 0 aromatic carbocycles. The van der Waals surface area contributed by atoms with Gasteiger partial charge in [-0.3, -0.25) is 0 Å². The molecule has 1 aliphatic rings. The zero-order valence-corrected chi connectivity index (χ0v) is 5.14. The van der Waals surface area contributed by atoms with Crippen LogP contribution in [-0.4, -0.2) is 51.6 Å². The van der Waals surface area contributed by atoms with Crippen molar-refractivity contribution in [1.82, 2.24) is 0 Å². The van der Waals surface area contributed by atoms with E-state index in [9.17, 15) is 0 Å². The van der Waals surface area contributed by atoms with Crippen molar-refractivity contribution in [3.8, 4) is 0 Å². The normalized spacial score (nSPS) is 56.8. The molecule has 0 spiro atoms. The first-order chi connectivity index (χ1) is 5.00. The van der Waals surface area contributed by atoms with Crippen LogP contribution in [0.2, 0.25) is 0 Å². The van der Waals surface area contributed by atoms with Gasteiger partial charge >= 0.3 is 0 Å². The summed E-state index contributed by atoms with van der Waals surface area (Å²) in [6, 6.07) is 0. The number of aliphatic hydroxyl groups excluding tert-OH is 3. The number of hydrogen-bond donors (Lipinski definition) is 4. The Kier molecular flexibility index (Phi) is 1.83. The zero-order valence-electron chi connectivity index (χ0n) is 6.14. The van der Waals surface area contributed by atoms with Crippen LogP contribution in [0.1, 0.15) is 1.37 Å². The first kappa shape index (κ1) is 6.51. The van der Waals surface area contributed by atoms with Gasteiger partial charge in [-0.05, 0) is 0 Å². The summed E-state index contributed by atoms with van der Waals surface area (Å²) < 4.78 is 11.5. The molecule has 1 saturated heterocycles. The first-order valence-electron chi connectivity index (χ1n) is 3.35. The van der Waals surface area contributed by atoms with Crippen molar-refractivity contribution in [2.45, 2.75) is 24.6 Å². The molecular weight excluding hydrogens is 140 g/mol. The molecule has 1 rings (SSSR count). The van der Waals surface area contributed by atoms with Gasteiger partial charge in [0.1, 0.15) is 18.3 Å². The molecule has 0 aromatic heterocycles. The van der Waals surface area contributed by atoms with Gasteiger partial charge in [0.05, 0.1) is 7.98 Å². The summed E-state index contributed by atoms with van der Waals surface area (Å²) >= 11 is 0. The second kappa shape index (κ2) is 2.81. The molecule has 0 amide bonds. The van der Waals surface area contributed by atoms with Gasteiger partial charge < -0.3 is 25.2 Å². The lowest BCUT2D eigenvalue weighted by molar-refractivity contribution is -0.132. The number of rotatable bonds is 1. The predicted octanol–water partition coefficient (Wildman–Crippen LogP) is -2.58. The van der Waals surface area contributed by atoms with Crippen LogP contribution in [-0.2, 0) is 4.74 Å². The lowest BCUT2D eigenvalue weighted by Gasteiger charge is -2.09. The summed E-state index contributed by atoms with van der Waals surface area (Å²) in [6.07, 6.45) is -6.88. The van der Waals surface area contributed by atoms with Crippen molar-refractivity contribution in [2.24, 2.45) is 0 Å². The van der Waals surface area contributed by atoms with Gasteiger partial charge in [-0.25, -0.2) is 0 Å². The third kappa shape index (κ3) is 1.14. The van der Waals surface area contributed by atoms with Crippen molar-refractivity contribution in [1.29, 1.82) is 0 Å². The van der Waals surface area contributed by atoms with E-state index in [4.69, 9.17) is 21.8 Å². The summed E-state index contributed by atoms with van der Waals surface area (Å²) in [7, 11) is 0. The molecule has 1 heterocycles. The molecule has 4 atom stereocenters. The molecule has 1 fully saturated rings. The lowest BCUT2D eigenvalue weighted by Crippen LogP contribution is -2.33. The maximum Gasteiger partial charge on any atom is 0.184 e. The van der Waals surface area contributed by atoms with Crippen LogP contribution in [0.15, 0.2) is 0 Å². The fourth-order valence-corrected chi connectivity index (χ4v) is 0.786. The third-order valence-corrected chi connectivity index (χ3v) is 1.37. The molecule has 1 aliphatic heterocycles. The molecule has 0 aliphatic carbocycles. The Morgan fingerprint density at radius 1 is 1.40 bits per heavy atom. The van der Waals surface area contributed by atoms with Gasteiger partial charge in [0, 0.05) is 0 Å². The molecule has 60 valence electrons. The minimum absolute atomic E-state index is 0.617. The van der Waals surface area contributed by atoms with E-state index >= 15 is 0 Å². The minimum atomic E-state index is -2.33. The highest BCUT2D eigenvalue weighted by atomic mass is 16.6. The largest absolute Gasteiger partial charge is 0.394 e. The molecule has 5 heteroatoms. The smallest absolute Gasteiger partial charge is 0.184 e. The van der Waals surface area contributed by atoms with Gasteiger partial charge in [0.15, 0.2) is 6.29 Å². The molecule has 0 aromatic rings. The molecular formula is C5H10O5. The van der Waals surface area contributed by atoms with E-state index in [1.165, 1.54) is 0 Å². The van der Waals surface area contributed by atoms with E-state index in [0.29, 0.717) is 0 Å². The van der Waals surface area contributed by atoms with Gasteiger partial charge in [-0.2, -0.15) is 0 Å². The number of aliphatic hydroxyl groups is 4. The predicted molar refractivity (Wildman–Crippen MR) is 30.0 cm³/mol. The van der Waals surface area contributed by atoms with Crippen LogP contribution in [0.25, 0.3) is 0 Å². The lowest BCUT2D eigenvalue weighted by atomic mass is 10.1. The Hall–Kier alpha value is -0.200. The Morgan fingerprint density at radius 2 is 2.00 bits per heavy atom. The number of ether oxygens (including phenoxy) is 1. The maximum atomic E-state index is 9.06. The summed E-state index contributed by atoms with van der Waals surface area (Å²) in [5, 5.41) is 35.2. The van der Waals surface area contributed by atoms with Gasteiger partial charge in [-0.1, -0.05) is 0 Å². The van der Waals surface area contributed by atoms with Crippen molar-refractivity contribution in [3.05, 3.63) is 0 Å². The SMILES string of the molecule is [2H]C1(O)[C@H](O)[C@H](O)O[C@@H]1CO. The molecule has 0 saturated carbocycles. The first-order valence-corrected chi connectivity index (χ1v) is 2.85. The second-order valence-electron chi connectivity index (χ2n) is 2.07. The fourth-order valence-electron chi connectivity index (χ4n) is 0.786. The van der Waals surface area contributed by atoms with Gasteiger partial charge in [0.2, 0.25) is 0 Å². The van der Waals surface area contributed by atoms with Gasteiger partial charge in [0.25, 0.3) is 0 Å². The summed E-state index contributed by atoms with van der Waals surface area (Å²) in [6.45, 7) is -0.617. The molecule has 0 bridgehead atoms. The topological polar surface area (TPSA) is 90.2 Å². The second-order valence-corrected chi connectivity index (χ2v) is 2.07. The summed E-state index contributed by atoms with van der Waals surface area (Å²) in [4.78, 5) is 0. The van der Waals surface area contributed by atoms with Crippen molar-refractivity contribution in [3.63, 3.8) is 0 Å². The van der Waals surface area contributed by atoms with Crippen molar-refractivity contribution in [2.75, 3.05) is 6.61 Å². The molecule has 10 heavy (non-hydrogen) atoms. The summed E-state index contributed by atoms with van der Waals surface area (Å²) in [5.74, 6) is 0. The van der Waals surface area contributed by atoms with E-state index in [0.717, 1.165) is 0 Å². The van der Waals surface area contributed by atoms with Gasteiger partial charge in [-0.15, -0.1) is 0 Å². The van der Waals surface area contributed by atoms with Crippen LogP contribution >= 0.6 is 0 Å². The molecule has 5 nitrogen and oxygen atoms in total. The van der Waals surface area contributed by atoms with E-state index < -0.39 is 31.2 Å². The van der Waals surface area contributed by atoms with Crippen molar-refractivity contribution < 1.29 is 26.5 Å². The quantitative estimate of drug-likeness (QED) is 0.330. The average molecular weight is 151 g/mol. The minimum Gasteiger partial charge on any atom is -0.394 e. The highest BCUT2D eigenvalue weighted by Crippen LogP contribution is 2.18.